The first kappa shape index (κ1) is 12.7. The summed E-state index contributed by atoms with van der Waals surface area (Å²) in [5.74, 6) is 0. The van der Waals surface area contributed by atoms with E-state index in [1.54, 1.807) is 23.5 Å². The van der Waals surface area contributed by atoms with Crippen LogP contribution in [0.25, 0.3) is 0 Å². The van der Waals surface area contributed by atoms with Crippen LogP contribution in [-0.2, 0) is 0 Å². The molecule has 92 valence electrons. The Labute approximate surface area is 125 Å². The van der Waals surface area contributed by atoms with Crippen molar-refractivity contribution in [1.29, 1.82) is 0 Å². The smallest absolute Gasteiger partial charge is 0.0447 e. The molecule has 18 heavy (non-hydrogen) atoms. The van der Waals surface area contributed by atoms with Gasteiger partial charge in [0.2, 0.25) is 0 Å². The first-order chi connectivity index (χ1) is 8.54. The fraction of sp³-hybridized carbons (Fsp3) is 0.143. The molecule has 1 aliphatic rings. The van der Waals surface area contributed by atoms with Gasteiger partial charge >= 0.3 is 0 Å². The summed E-state index contributed by atoms with van der Waals surface area (Å²) >= 11 is 15.9. The first-order valence-electron chi connectivity index (χ1n) is 5.50. The average Bonchev–Trinajstić information content (AvgIpc) is 2.31. The maximum absolute atomic E-state index is 6.18. The van der Waals surface area contributed by atoms with E-state index >= 15 is 0 Å². The summed E-state index contributed by atoms with van der Waals surface area (Å²) in [5, 5.41) is 1.65. The molecule has 0 bridgehead atoms. The molecule has 4 heteroatoms. The Hall–Kier alpha value is -0.280. The number of benzene rings is 2. The summed E-state index contributed by atoms with van der Waals surface area (Å²) in [4.78, 5) is 4.97. The molecule has 0 N–H and O–H groups in total. The van der Waals surface area contributed by atoms with Gasteiger partial charge in [0, 0.05) is 29.6 Å². The molecular weight excluding hydrogens is 303 g/mol. The predicted molar refractivity (Wildman–Crippen MR) is 80.6 cm³/mol. The standard InChI is InChI=1S/C14H10Cl2S2/c1-7-3-11-13(5-9(7)15)18-14-6-10(16)8(2)4-12(14)17-11/h3-6H,1-2H3. The van der Waals surface area contributed by atoms with E-state index in [2.05, 4.69) is 12.1 Å². The van der Waals surface area contributed by atoms with Gasteiger partial charge in [0.1, 0.15) is 0 Å². The van der Waals surface area contributed by atoms with Crippen LogP contribution in [0.15, 0.2) is 43.8 Å². The molecule has 0 unspecified atom stereocenters. The van der Waals surface area contributed by atoms with Crippen molar-refractivity contribution in [3.8, 4) is 0 Å². The van der Waals surface area contributed by atoms with Gasteiger partial charge in [0.15, 0.2) is 0 Å². The van der Waals surface area contributed by atoms with Gasteiger partial charge in [0.25, 0.3) is 0 Å². The van der Waals surface area contributed by atoms with E-state index in [0.717, 1.165) is 21.2 Å². The second-order valence-electron chi connectivity index (χ2n) is 4.30. The molecule has 0 fully saturated rings. The molecule has 0 saturated carbocycles. The summed E-state index contributed by atoms with van der Waals surface area (Å²) in [6.45, 7) is 4.08. The number of rotatable bonds is 0. The van der Waals surface area contributed by atoms with Crippen molar-refractivity contribution in [3.05, 3.63) is 45.4 Å². The van der Waals surface area contributed by atoms with Crippen molar-refractivity contribution >= 4 is 46.7 Å². The summed E-state index contributed by atoms with van der Waals surface area (Å²) in [5.41, 5.74) is 2.25. The van der Waals surface area contributed by atoms with Crippen molar-refractivity contribution in [3.63, 3.8) is 0 Å². The van der Waals surface area contributed by atoms with E-state index in [-0.39, 0.29) is 0 Å². The lowest BCUT2D eigenvalue weighted by molar-refractivity contribution is 1.13. The van der Waals surface area contributed by atoms with E-state index in [9.17, 15) is 0 Å². The molecule has 0 aliphatic carbocycles. The molecule has 2 aromatic rings. The Bertz CT molecular complexity index is 539. The molecule has 0 aromatic heterocycles. The minimum atomic E-state index is 0.823. The lowest BCUT2D eigenvalue weighted by Gasteiger charge is -2.20. The summed E-state index contributed by atoms with van der Waals surface area (Å²) in [6, 6.07) is 8.39. The Kier molecular flexibility index (Phi) is 3.31. The summed E-state index contributed by atoms with van der Waals surface area (Å²) < 4.78 is 0. The van der Waals surface area contributed by atoms with Gasteiger partial charge < -0.3 is 0 Å². The van der Waals surface area contributed by atoms with Crippen molar-refractivity contribution in [2.75, 3.05) is 0 Å². The summed E-state index contributed by atoms with van der Waals surface area (Å²) in [7, 11) is 0. The first-order valence-corrected chi connectivity index (χ1v) is 7.89. The maximum Gasteiger partial charge on any atom is 0.0447 e. The zero-order chi connectivity index (χ0) is 12.9. The Morgan fingerprint density at radius 1 is 0.667 bits per heavy atom. The van der Waals surface area contributed by atoms with Crippen molar-refractivity contribution in [1.82, 2.24) is 0 Å². The number of hydrogen-bond acceptors (Lipinski definition) is 2. The highest BCUT2D eigenvalue weighted by Crippen LogP contribution is 2.50. The fourth-order valence-corrected chi connectivity index (χ4v) is 4.72. The summed E-state index contributed by atoms with van der Waals surface area (Å²) in [6.07, 6.45) is 0. The van der Waals surface area contributed by atoms with Gasteiger partial charge in [0.05, 0.1) is 0 Å². The second kappa shape index (κ2) is 4.68. The van der Waals surface area contributed by atoms with Crippen molar-refractivity contribution in [2.45, 2.75) is 33.4 Å². The van der Waals surface area contributed by atoms with E-state index in [0.29, 0.717) is 0 Å². The molecule has 0 nitrogen and oxygen atoms in total. The average molecular weight is 313 g/mol. The van der Waals surface area contributed by atoms with Gasteiger partial charge in [-0.15, -0.1) is 0 Å². The third-order valence-electron chi connectivity index (χ3n) is 2.89. The maximum atomic E-state index is 6.18. The number of hydrogen-bond donors (Lipinski definition) is 0. The minimum absolute atomic E-state index is 0.823. The third kappa shape index (κ3) is 2.16. The normalized spacial score (nSPS) is 13.1. The molecule has 0 radical (unpaired) electrons. The quantitative estimate of drug-likeness (QED) is 0.483. The minimum Gasteiger partial charge on any atom is -0.0877 e. The highest BCUT2D eigenvalue weighted by atomic mass is 35.5. The van der Waals surface area contributed by atoms with Crippen LogP contribution in [0.4, 0.5) is 0 Å². The van der Waals surface area contributed by atoms with Crippen LogP contribution in [-0.4, -0.2) is 0 Å². The number of fused-ring (bicyclic) bond motifs is 2. The zero-order valence-corrected chi connectivity index (χ0v) is 13.0. The second-order valence-corrected chi connectivity index (χ2v) is 7.28. The van der Waals surface area contributed by atoms with E-state index in [1.807, 2.05) is 26.0 Å². The van der Waals surface area contributed by atoms with Gasteiger partial charge in [-0.1, -0.05) is 46.7 Å². The van der Waals surface area contributed by atoms with Crippen molar-refractivity contribution in [2.24, 2.45) is 0 Å². The molecule has 3 rings (SSSR count). The van der Waals surface area contributed by atoms with Gasteiger partial charge in [-0.05, 0) is 49.2 Å². The number of halogens is 2. The molecule has 1 heterocycles. The fourth-order valence-electron chi connectivity index (χ4n) is 1.83. The van der Waals surface area contributed by atoms with Gasteiger partial charge in [-0.2, -0.15) is 0 Å². The SMILES string of the molecule is Cc1cc2c(cc1Cl)Sc1cc(Cl)c(C)cc1S2. The van der Waals surface area contributed by atoms with Crippen molar-refractivity contribution < 1.29 is 0 Å². The molecule has 2 aromatic carbocycles. The lowest BCUT2D eigenvalue weighted by Crippen LogP contribution is -1.92. The Morgan fingerprint density at radius 2 is 1.00 bits per heavy atom. The molecule has 0 spiro atoms. The topological polar surface area (TPSA) is 0 Å². The molecular formula is C14H10Cl2S2. The van der Waals surface area contributed by atoms with Crippen LogP contribution in [0.1, 0.15) is 11.1 Å². The predicted octanol–water partition coefficient (Wildman–Crippen LogP) is 6.23. The highest BCUT2D eigenvalue weighted by Gasteiger charge is 2.19. The van der Waals surface area contributed by atoms with Crippen LogP contribution in [0.2, 0.25) is 10.0 Å². The molecule has 0 atom stereocenters. The zero-order valence-electron chi connectivity index (χ0n) is 9.88. The van der Waals surface area contributed by atoms with Crippen LogP contribution in [0.5, 0.6) is 0 Å². The largest absolute Gasteiger partial charge is 0.0877 e. The molecule has 0 saturated heterocycles. The van der Waals surface area contributed by atoms with Gasteiger partial charge in [-0.25, -0.2) is 0 Å². The van der Waals surface area contributed by atoms with Crippen LogP contribution >= 0.6 is 46.7 Å². The Morgan fingerprint density at radius 3 is 1.39 bits per heavy atom. The highest BCUT2D eigenvalue weighted by molar-refractivity contribution is 8.05. The lowest BCUT2D eigenvalue weighted by atomic mass is 10.2. The van der Waals surface area contributed by atoms with E-state index < -0.39 is 0 Å². The molecule has 1 aliphatic heterocycles. The monoisotopic (exact) mass is 312 g/mol. The van der Waals surface area contributed by atoms with E-state index in [4.69, 9.17) is 23.2 Å². The van der Waals surface area contributed by atoms with Crippen LogP contribution < -0.4 is 0 Å². The van der Waals surface area contributed by atoms with Crippen LogP contribution in [0, 0.1) is 13.8 Å². The van der Waals surface area contributed by atoms with E-state index in [1.165, 1.54) is 19.6 Å². The van der Waals surface area contributed by atoms with Crippen LogP contribution in [0.3, 0.4) is 0 Å². The third-order valence-corrected chi connectivity index (χ3v) is 6.19. The molecule has 0 amide bonds. The number of aryl methyl sites for hydroxylation is 2. The Balaban J connectivity index is 2.12. The van der Waals surface area contributed by atoms with Gasteiger partial charge in [-0.3, -0.25) is 0 Å².